The number of aryl methyl sites for hydroxylation is 1. The lowest BCUT2D eigenvalue weighted by Gasteiger charge is -2.27. The molecule has 160 valence electrons. The maximum Gasteiger partial charge on any atom is 0.283 e. The summed E-state index contributed by atoms with van der Waals surface area (Å²) >= 11 is 6.25. The summed E-state index contributed by atoms with van der Waals surface area (Å²) in [5, 5.41) is 2.76. The Hall–Kier alpha value is -3.16. The Morgan fingerprint density at radius 2 is 1.74 bits per heavy atom. The second-order valence-corrected chi connectivity index (χ2v) is 7.84. The van der Waals surface area contributed by atoms with E-state index in [1.165, 1.54) is 0 Å². The van der Waals surface area contributed by atoms with E-state index >= 15 is 0 Å². The zero-order chi connectivity index (χ0) is 22.1. The lowest BCUT2D eigenvalue weighted by atomic mass is 10.1. The smallest absolute Gasteiger partial charge is 0.283 e. The zero-order valence-corrected chi connectivity index (χ0v) is 18.0. The number of ether oxygens (including phenoxy) is 1. The van der Waals surface area contributed by atoms with Crippen LogP contribution in [0.2, 0.25) is 0 Å². The van der Waals surface area contributed by atoms with Crippen LogP contribution in [-0.2, 0) is 14.3 Å². The number of halogens is 1. The third-order valence-electron chi connectivity index (χ3n) is 5.52. The van der Waals surface area contributed by atoms with Gasteiger partial charge in [-0.15, -0.1) is 0 Å². The van der Waals surface area contributed by atoms with Crippen LogP contribution in [0.5, 0.6) is 0 Å². The van der Waals surface area contributed by atoms with Crippen LogP contribution in [0, 0.1) is 13.8 Å². The van der Waals surface area contributed by atoms with Crippen molar-refractivity contribution in [1.82, 2.24) is 4.90 Å². The highest BCUT2D eigenvalue weighted by molar-refractivity contribution is 6.53. The van der Waals surface area contributed by atoms with E-state index in [0.29, 0.717) is 43.2 Å². The second kappa shape index (κ2) is 8.53. The van der Waals surface area contributed by atoms with E-state index in [2.05, 4.69) is 5.32 Å². The molecule has 1 N–H and O–H groups in total. The van der Waals surface area contributed by atoms with Crippen LogP contribution in [0.15, 0.2) is 53.2 Å². The van der Waals surface area contributed by atoms with Gasteiger partial charge in [-0.25, -0.2) is 4.90 Å². The van der Waals surface area contributed by atoms with E-state index in [9.17, 15) is 14.4 Å². The Kier molecular flexibility index (Phi) is 5.80. The van der Waals surface area contributed by atoms with E-state index in [1.807, 2.05) is 19.9 Å². The van der Waals surface area contributed by atoms with Crippen LogP contribution in [0.25, 0.3) is 0 Å². The monoisotopic (exact) mass is 439 g/mol. The van der Waals surface area contributed by atoms with Crippen molar-refractivity contribution in [2.24, 2.45) is 0 Å². The fourth-order valence-corrected chi connectivity index (χ4v) is 3.84. The van der Waals surface area contributed by atoms with Gasteiger partial charge >= 0.3 is 0 Å². The Balaban J connectivity index is 1.58. The van der Waals surface area contributed by atoms with Gasteiger partial charge in [0, 0.05) is 24.3 Å². The standard InChI is InChI=1S/C23H22ClN3O4/c1-14-5-3-8-18(15(14)2)27-22(29)19(24)20(23(27)30)25-17-7-4-6-16(13-17)21(28)26-9-11-31-12-10-26/h3-8,13,25H,9-12H2,1-2H3. The number of rotatable bonds is 4. The molecule has 2 aliphatic rings. The minimum absolute atomic E-state index is 0.0106. The van der Waals surface area contributed by atoms with E-state index in [1.54, 1.807) is 41.3 Å². The average Bonchev–Trinajstić information content (AvgIpc) is 2.99. The van der Waals surface area contributed by atoms with Crippen molar-refractivity contribution >= 4 is 40.7 Å². The Morgan fingerprint density at radius 1 is 1.03 bits per heavy atom. The Bertz CT molecular complexity index is 1110. The van der Waals surface area contributed by atoms with Crippen LogP contribution in [0.1, 0.15) is 21.5 Å². The number of hydrogen-bond donors (Lipinski definition) is 1. The molecule has 3 amide bonds. The van der Waals surface area contributed by atoms with E-state index in [0.717, 1.165) is 16.0 Å². The minimum Gasteiger partial charge on any atom is -0.378 e. The fraction of sp³-hybridized carbons (Fsp3) is 0.261. The lowest BCUT2D eigenvalue weighted by molar-refractivity contribution is -0.120. The molecule has 0 spiro atoms. The van der Waals surface area contributed by atoms with Gasteiger partial charge < -0.3 is 15.0 Å². The molecule has 0 bridgehead atoms. The van der Waals surface area contributed by atoms with Gasteiger partial charge in [-0.2, -0.15) is 0 Å². The third kappa shape index (κ3) is 3.94. The summed E-state index contributed by atoms with van der Waals surface area (Å²) in [6.07, 6.45) is 0. The zero-order valence-electron chi connectivity index (χ0n) is 17.3. The highest BCUT2D eigenvalue weighted by atomic mass is 35.5. The van der Waals surface area contributed by atoms with Crippen molar-refractivity contribution in [2.45, 2.75) is 13.8 Å². The van der Waals surface area contributed by atoms with Crippen LogP contribution in [0.4, 0.5) is 11.4 Å². The Labute approximate surface area is 185 Å². The molecule has 2 heterocycles. The summed E-state index contributed by atoms with van der Waals surface area (Å²) in [7, 11) is 0. The van der Waals surface area contributed by atoms with Crippen LogP contribution in [-0.4, -0.2) is 48.9 Å². The molecule has 2 aliphatic heterocycles. The summed E-state index contributed by atoms with van der Waals surface area (Å²) < 4.78 is 5.29. The maximum absolute atomic E-state index is 13.1. The number of nitrogens with one attached hydrogen (secondary N) is 1. The van der Waals surface area contributed by atoms with Gasteiger partial charge in [0.1, 0.15) is 10.7 Å². The normalized spacial score (nSPS) is 16.9. The SMILES string of the molecule is Cc1cccc(N2C(=O)C(Cl)=C(Nc3cccc(C(=O)N4CCOCC4)c3)C2=O)c1C. The molecule has 0 aromatic heterocycles. The molecule has 4 rings (SSSR count). The Morgan fingerprint density at radius 3 is 2.48 bits per heavy atom. The highest BCUT2D eigenvalue weighted by Gasteiger charge is 2.39. The molecule has 0 atom stereocenters. The lowest BCUT2D eigenvalue weighted by Crippen LogP contribution is -2.40. The number of carbonyl (C=O) groups is 3. The first kappa shape index (κ1) is 21.1. The van der Waals surface area contributed by atoms with Gasteiger partial charge in [-0.05, 0) is 49.2 Å². The van der Waals surface area contributed by atoms with Crippen LogP contribution < -0.4 is 10.2 Å². The average molecular weight is 440 g/mol. The number of nitrogens with zero attached hydrogens (tertiary/aromatic N) is 2. The summed E-state index contributed by atoms with van der Waals surface area (Å²) in [5.41, 5.74) is 3.26. The van der Waals surface area contributed by atoms with Crippen LogP contribution >= 0.6 is 11.6 Å². The minimum atomic E-state index is -0.580. The third-order valence-corrected chi connectivity index (χ3v) is 5.87. The summed E-state index contributed by atoms with van der Waals surface area (Å²) in [6, 6.07) is 12.2. The predicted octanol–water partition coefficient (Wildman–Crippen LogP) is 3.21. The second-order valence-electron chi connectivity index (χ2n) is 7.46. The summed E-state index contributed by atoms with van der Waals surface area (Å²) in [5.74, 6) is -1.23. The number of anilines is 2. The topological polar surface area (TPSA) is 79.0 Å². The largest absolute Gasteiger partial charge is 0.378 e. The molecular formula is C23H22ClN3O4. The predicted molar refractivity (Wildman–Crippen MR) is 118 cm³/mol. The van der Waals surface area contributed by atoms with Crippen molar-refractivity contribution < 1.29 is 19.1 Å². The van der Waals surface area contributed by atoms with Gasteiger partial charge in [0.2, 0.25) is 0 Å². The molecule has 7 nitrogen and oxygen atoms in total. The molecule has 0 unspecified atom stereocenters. The number of imide groups is 1. The summed E-state index contributed by atoms with van der Waals surface area (Å²) in [4.78, 5) is 41.4. The number of hydrogen-bond acceptors (Lipinski definition) is 5. The first-order chi connectivity index (χ1) is 14.9. The molecule has 0 saturated carbocycles. The van der Waals surface area contributed by atoms with E-state index < -0.39 is 11.8 Å². The quantitative estimate of drug-likeness (QED) is 0.740. The first-order valence-corrected chi connectivity index (χ1v) is 10.3. The molecule has 0 radical (unpaired) electrons. The van der Waals surface area contributed by atoms with Crippen LogP contribution in [0.3, 0.4) is 0 Å². The number of amides is 3. The van der Waals surface area contributed by atoms with Crippen molar-refractivity contribution in [2.75, 3.05) is 36.5 Å². The maximum atomic E-state index is 13.1. The fourth-order valence-electron chi connectivity index (χ4n) is 3.63. The molecule has 2 aromatic carbocycles. The number of carbonyl (C=O) groups excluding carboxylic acids is 3. The van der Waals surface area contributed by atoms with E-state index in [4.69, 9.17) is 16.3 Å². The highest BCUT2D eigenvalue weighted by Crippen LogP contribution is 2.33. The van der Waals surface area contributed by atoms with Crippen molar-refractivity contribution in [1.29, 1.82) is 0 Å². The number of morpholine rings is 1. The van der Waals surface area contributed by atoms with Crippen molar-refractivity contribution in [3.63, 3.8) is 0 Å². The first-order valence-electron chi connectivity index (χ1n) is 9.97. The summed E-state index contributed by atoms with van der Waals surface area (Å²) in [6.45, 7) is 5.85. The molecular weight excluding hydrogens is 418 g/mol. The van der Waals surface area contributed by atoms with Crippen molar-refractivity contribution in [3.05, 3.63) is 69.9 Å². The molecule has 31 heavy (non-hydrogen) atoms. The molecule has 1 saturated heterocycles. The van der Waals surface area contributed by atoms with Gasteiger partial charge in [0.15, 0.2) is 0 Å². The van der Waals surface area contributed by atoms with Gasteiger partial charge in [0.25, 0.3) is 17.7 Å². The van der Waals surface area contributed by atoms with Gasteiger partial charge in [-0.1, -0.05) is 29.8 Å². The molecule has 0 aliphatic carbocycles. The molecule has 2 aromatic rings. The molecule has 8 heteroatoms. The van der Waals surface area contributed by atoms with Gasteiger partial charge in [-0.3, -0.25) is 14.4 Å². The van der Waals surface area contributed by atoms with Gasteiger partial charge in [0.05, 0.1) is 18.9 Å². The van der Waals surface area contributed by atoms with E-state index in [-0.39, 0.29) is 16.6 Å². The number of benzene rings is 2. The van der Waals surface area contributed by atoms with Crippen molar-refractivity contribution in [3.8, 4) is 0 Å². The molecule has 1 fully saturated rings.